The lowest BCUT2D eigenvalue weighted by molar-refractivity contribution is -0.115. The topological polar surface area (TPSA) is 115 Å². The number of amides is 3. The summed E-state index contributed by atoms with van der Waals surface area (Å²) >= 11 is 1.10. The number of hydrogen-bond acceptors (Lipinski definition) is 7. The van der Waals surface area contributed by atoms with Crippen LogP contribution in [0.25, 0.3) is 17.2 Å². The van der Waals surface area contributed by atoms with E-state index >= 15 is 0 Å². The number of aromatic nitrogens is 4. The highest BCUT2D eigenvalue weighted by atomic mass is 32.2. The van der Waals surface area contributed by atoms with E-state index in [0.29, 0.717) is 17.0 Å². The molecule has 0 radical (unpaired) electrons. The van der Waals surface area contributed by atoms with Crippen LogP contribution in [0.2, 0.25) is 0 Å². The van der Waals surface area contributed by atoms with Gasteiger partial charge >= 0.3 is 6.03 Å². The molecular formula is C28H24F3N7O3S. The molecule has 1 fully saturated rings. The number of anilines is 2. The van der Waals surface area contributed by atoms with E-state index in [-0.39, 0.29) is 45.6 Å². The maximum absolute atomic E-state index is 15.0. The highest BCUT2D eigenvalue weighted by Gasteiger charge is 2.33. The largest absolute Gasteiger partial charge is 0.497 e. The third-order valence-electron chi connectivity index (χ3n) is 6.28. The minimum absolute atomic E-state index is 0.0789. The van der Waals surface area contributed by atoms with Gasteiger partial charge in [0.1, 0.15) is 17.9 Å². The number of carbonyl (C=O) groups is 2. The molecule has 0 unspecified atom stereocenters. The van der Waals surface area contributed by atoms with E-state index < -0.39 is 18.3 Å². The first kappa shape index (κ1) is 28.8. The van der Waals surface area contributed by atoms with E-state index in [1.807, 2.05) is 19.9 Å². The summed E-state index contributed by atoms with van der Waals surface area (Å²) in [6, 6.07) is 11.1. The number of halogens is 3. The van der Waals surface area contributed by atoms with Gasteiger partial charge in [-0.25, -0.2) is 32.6 Å². The van der Waals surface area contributed by atoms with Crippen molar-refractivity contribution in [2.45, 2.75) is 26.2 Å². The second-order valence-corrected chi connectivity index (χ2v) is 10.3. The lowest BCUT2D eigenvalue weighted by Crippen LogP contribution is -2.31. The second kappa shape index (κ2) is 12.0. The van der Waals surface area contributed by atoms with Crippen LogP contribution < -0.4 is 15.0 Å². The molecule has 4 aromatic rings. The van der Waals surface area contributed by atoms with Crippen LogP contribution in [0, 0.1) is 5.82 Å². The number of pyridine rings is 1. The van der Waals surface area contributed by atoms with Crippen molar-refractivity contribution in [1.29, 1.82) is 0 Å². The number of thioether (sulfide) groups is 1. The number of rotatable bonds is 7. The first-order valence-electron chi connectivity index (χ1n) is 12.6. The van der Waals surface area contributed by atoms with E-state index in [0.717, 1.165) is 29.6 Å². The van der Waals surface area contributed by atoms with Crippen LogP contribution in [0.4, 0.5) is 29.3 Å². The number of carbonyl (C=O) groups excluding carboxylic acids is 2. The molecule has 0 aliphatic carbocycles. The lowest BCUT2D eigenvalue weighted by atomic mass is 10.00. The molecule has 0 bridgehead atoms. The molecule has 2 aromatic heterocycles. The van der Waals surface area contributed by atoms with Gasteiger partial charge in [0.15, 0.2) is 16.8 Å². The second-order valence-electron chi connectivity index (χ2n) is 9.38. The third-order valence-corrected chi connectivity index (χ3v) is 7.20. The minimum atomic E-state index is -2.64. The Bertz CT molecular complexity index is 1680. The standard InChI is InChI=1S/C28H24F3N7O3S/c1-15(2)19-7-6-18(41-3)11-22(19)38-24(39)13-42-28(38)35-27(40)34-21-8-4-16(10-20(21)29)26-33-14-37(36-26)23-9-5-17(12-32-23)25(30)31/h4-12,14-15,25H,13H2,1-3H3,(H,34,40)/b35-28-. The first-order valence-corrected chi connectivity index (χ1v) is 13.6. The monoisotopic (exact) mass is 595 g/mol. The van der Waals surface area contributed by atoms with Crippen molar-refractivity contribution in [3.8, 4) is 23.0 Å². The highest BCUT2D eigenvalue weighted by molar-refractivity contribution is 8.15. The van der Waals surface area contributed by atoms with Crippen LogP contribution in [0.1, 0.15) is 37.3 Å². The van der Waals surface area contributed by atoms with Crippen LogP contribution in [0.5, 0.6) is 5.75 Å². The summed E-state index contributed by atoms with van der Waals surface area (Å²) < 4.78 is 47.2. The van der Waals surface area contributed by atoms with E-state index in [2.05, 4.69) is 25.4 Å². The molecule has 5 rings (SSSR count). The maximum atomic E-state index is 15.0. The molecule has 0 saturated carbocycles. The van der Waals surface area contributed by atoms with Crippen molar-refractivity contribution in [3.05, 3.63) is 78.0 Å². The highest BCUT2D eigenvalue weighted by Crippen LogP contribution is 2.36. The average Bonchev–Trinajstić information content (AvgIpc) is 3.61. The Hall–Kier alpha value is -4.72. The minimum Gasteiger partial charge on any atom is -0.497 e. The summed E-state index contributed by atoms with van der Waals surface area (Å²) in [6.07, 6.45) is -0.278. The van der Waals surface area contributed by atoms with Gasteiger partial charge in [-0.2, -0.15) is 4.99 Å². The number of nitrogens with zero attached hydrogens (tertiary/aromatic N) is 6. The summed E-state index contributed by atoms with van der Waals surface area (Å²) in [4.78, 5) is 39.1. The fourth-order valence-electron chi connectivity index (χ4n) is 4.17. The predicted octanol–water partition coefficient (Wildman–Crippen LogP) is 6.21. The van der Waals surface area contributed by atoms with Crippen LogP contribution in [-0.2, 0) is 4.79 Å². The molecular weight excluding hydrogens is 571 g/mol. The summed E-state index contributed by atoms with van der Waals surface area (Å²) in [7, 11) is 1.52. The Kier molecular flexibility index (Phi) is 8.24. The molecule has 3 amide bonds. The molecule has 42 heavy (non-hydrogen) atoms. The van der Waals surface area contributed by atoms with Gasteiger partial charge in [0.05, 0.1) is 24.2 Å². The van der Waals surface area contributed by atoms with E-state index in [1.54, 1.807) is 12.1 Å². The average molecular weight is 596 g/mol. The fourth-order valence-corrected chi connectivity index (χ4v) is 5.03. The number of nitrogens with one attached hydrogen (secondary N) is 1. The zero-order valence-electron chi connectivity index (χ0n) is 22.6. The van der Waals surface area contributed by atoms with Gasteiger partial charge in [-0.1, -0.05) is 31.7 Å². The first-order chi connectivity index (χ1) is 20.1. The summed E-state index contributed by atoms with van der Waals surface area (Å²) in [5.74, 6) is 0.120. The molecule has 2 aromatic carbocycles. The Morgan fingerprint density at radius 3 is 2.60 bits per heavy atom. The third kappa shape index (κ3) is 5.98. The quantitative estimate of drug-likeness (QED) is 0.270. The van der Waals surface area contributed by atoms with E-state index in [4.69, 9.17) is 4.74 Å². The van der Waals surface area contributed by atoms with Gasteiger partial charge in [-0.3, -0.25) is 9.69 Å². The van der Waals surface area contributed by atoms with Crippen LogP contribution >= 0.6 is 11.8 Å². The number of aliphatic imine (C=N–C) groups is 1. The number of urea groups is 1. The summed E-state index contributed by atoms with van der Waals surface area (Å²) in [5, 5.41) is 6.81. The Labute approximate surface area is 242 Å². The number of methoxy groups -OCH3 is 1. The Balaban J connectivity index is 1.33. The van der Waals surface area contributed by atoms with Crippen molar-refractivity contribution < 1.29 is 27.5 Å². The predicted molar refractivity (Wildman–Crippen MR) is 153 cm³/mol. The smallest absolute Gasteiger partial charge is 0.347 e. The van der Waals surface area contributed by atoms with E-state index in [9.17, 15) is 22.8 Å². The molecule has 1 saturated heterocycles. The molecule has 0 atom stereocenters. The van der Waals surface area contributed by atoms with Gasteiger partial charge in [0, 0.05) is 23.4 Å². The summed E-state index contributed by atoms with van der Waals surface area (Å²) in [6.45, 7) is 3.97. The number of ether oxygens (including phenoxy) is 1. The van der Waals surface area contributed by atoms with Gasteiger partial charge in [-0.05, 0) is 47.9 Å². The van der Waals surface area contributed by atoms with Gasteiger partial charge < -0.3 is 10.1 Å². The van der Waals surface area contributed by atoms with Crippen molar-refractivity contribution in [1.82, 2.24) is 19.7 Å². The van der Waals surface area contributed by atoms with Gasteiger partial charge in [-0.15, -0.1) is 5.10 Å². The Morgan fingerprint density at radius 1 is 1.12 bits per heavy atom. The normalized spacial score (nSPS) is 14.3. The van der Waals surface area contributed by atoms with Crippen molar-refractivity contribution in [2.24, 2.45) is 4.99 Å². The van der Waals surface area contributed by atoms with Gasteiger partial charge in [0.2, 0.25) is 5.91 Å². The molecule has 10 nitrogen and oxygen atoms in total. The van der Waals surface area contributed by atoms with Crippen LogP contribution in [0.15, 0.2) is 66.0 Å². The van der Waals surface area contributed by atoms with Crippen molar-refractivity contribution in [3.63, 3.8) is 0 Å². The fraction of sp³-hybridized carbons (Fsp3) is 0.214. The van der Waals surface area contributed by atoms with Crippen molar-refractivity contribution in [2.75, 3.05) is 23.1 Å². The van der Waals surface area contributed by atoms with Gasteiger partial charge in [0.25, 0.3) is 6.43 Å². The maximum Gasteiger partial charge on any atom is 0.347 e. The molecule has 0 spiro atoms. The lowest BCUT2D eigenvalue weighted by Gasteiger charge is -2.22. The number of benzene rings is 2. The summed E-state index contributed by atoms with van der Waals surface area (Å²) in [5.41, 5.74) is 1.38. The number of amidine groups is 1. The molecule has 14 heteroatoms. The van der Waals surface area contributed by atoms with Crippen LogP contribution in [0.3, 0.4) is 0 Å². The SMILES string of the molecule is COc1ccc(C(C)C)c(N2C(=O)CS/C2=N\C(=O)Nc2ccc(-c3ncn(-c4ccc(C(F)F)cn4)n3)cc2F)c1. The molecule has 1 aliphatic heterocycles. The number of alkyl halides is 2. The molecule has 216 valence electrons. The Morgan fingerprint density at radius 2 is 1.93 bits per heavy atom. The zero-order chi connectivity index (χ0) is 30.0. The molecule has 3 heterocycles. The molecule has 1 aliphatic rings. The van der Waals surface area contributed by atoms with E-state index in [1.165, 1.54) is 47.3 Å². The molecule has 1 N–H and O–H groups in total. The van der Waals surface area contributed by atoms with Crippen LogP contribution in [-0.4, -0.2) is 49.7 Å². The van der Waals surface area contributed by atoms with Crippen molar-refractivity contribution >= 4 is 40.2 Å². The zero-order valence-corrected chi connectivity index (χ0v) is 23.4. The number of hydrogen-bond donors (Lipinski definition) is 1.